The number of hydrogen-bond acceptors (Lipinski definition) is 4. The molecule has 0 unspecified atom stereocenters. The van der Waals surface area contributed by atoms with Crippen LogP contribution in [0.15, 0.2) is 0 Å². The number of nitrogens with one attached hydrogen (secondary N) is 1. The normalized spacial score (nSPS) is 20.6. The zero-order valence-corrected chi connectivity index (χ0v) is 7.36. The number of amides is 1. The number of hydrogen-bond donors (Lipinski definition) is 1. The molecule has 0 aromatic carbocycles. The summed E-state index contributed by atoms with van der Waals surface area (Å²) < 4.78 is 1.19. The maximum Gasteiger partial charge on any atom is 0.259 e. The van der Waals surface area contributed by atoms with Crippen LogP contribution in [0.5, 0.6) is 0 Å². The minimum absolute atomic E-state index is 0.138. The highest BCUT2D eigenvalue weighted by Gasteiger charge is 2.32. The van der Waals surface area contributed by atoms with Crippen LogP contribution in [0.3, 0.4) is 0 Å². The molecule has 1 saturated carbocycles. The van der Waals surface area contributed by atoms with Crippen molar-refractivity contribution in [2.24, 2.45) is 0 Å². The Kier molecular flexibility index (Phi) is 1.31. The largest absolute Gasteiger partial charge is 0.294 e. The smallest absolute Gasteiger partial charge is 0.259 e. The average molecular weight is 192 g/mol. The summed E-state index contributed by atoms with van der Waals surface area (Å²) in [7, 11) is 0. The first-order valence-corrected chi connectivity index (χ1v) is 4.54. The summed E-state index contributed by atoms with van der Waals surface area (Å²) in [4.78, 5) is 26.5. The van der Waals surface area contributed by atoms with Gasteiger partial charge in [0.25, 0.3) is 5.91 Å². The van der Waals surface area contributed by atoms with E-state index in [1.807, 2.05) is 0 Å². The lowest BCUT2D eigenvalue weighted by atomic mass is 10.3. The van der Waals surface area contributed by atoms with Gasteiger partial charge in [-0.05, 0) is 12.8 Å². The molecule has 6 nitrogen and oxygen atoms in total. The minimum Gasteiger partial charge on any atom is -0.294 e. The van der Waals surface area contributed by atoms with Crippen molar-refractivity contribution in [3.63, 3.8) is 0 Å². The van der Waals surface area contributed by atoms with Crippen molar-refractivity contribution in [3.05, 3.63) is 5.82 Å². The molecule has 6 heteroatoms. The topological polar surface area (TPSA) is 76.9 Å². The number of rotatable bonds is 1. The first-order chi connectivity index (χ1) is 6.74. The summed E-state index contributed by atoms with van der Waals surface area (Å²) in [6.07, 6.45) is 2.01. The van der Waals surface area contributed by atoms with E-state index in [-0.39, 0.29) is 24.2 Å². The molecule has 0 spiro atoms. The number of nitrogens with zero attached hydrogens (tertiary/aromatic N) is 3. The Balaban J connectivity index is 2.05. The van der Waals surface area contributed by atoms with Crippen molar-refractivity contribution < 1.29 is 9.59 Å². The molecule has 0 bridgehead atoms. The molecule has 1 aliphatic carbocycles. The predicted molar refractivity (Wildman–Crippen MR) is 45.9 cm³/mol. The zero-order chi connectivity index (χ0) is 9.71. The molecule has 1 N–H and O–H groups in total. The summed E-state index contributed by atoms with van der Waals surface area (Å²) in [5.74, 6) is 0.724. The third kappa shape index (κ3) is 1.03. The van der Waals surface area contributed by atoms with Crippen molar-refractivity contribution in [1.82, 2.24) is 14.8 Å². The number of carbonyl (C=O) groups is 2. The Morgan fingerprint density at radius 2 is 2.14 bits per heavy atom. The Morgan fingerprint density at radius 1 is 1.36 bits per heavy atom. The number of anilines is 1. The summed E-state index contributed by atoms with van der Waals surface area (Å²) in [5.41, 5.74) is 0. The van der Waals surface area contributed by atoms with Crippen LogP contribution in [0.25, 0.3) is 0 Å². The summed E-state index contributed by atoms with van der Waals surface area (Å²) in [6.45, 7) is 0. The van der Waals surface area contributed by atoms with Gasteiger partial charge in [-0.25, -0.2) is 0 Å². The van der Waals surface area contributed by atoms with Crippen molar-refractivity contribution in [1.29, 1.82) is 0 Å². The van der Waals surface area contributed by atoms with Gasteiger partial charge in [0.1, 0.15) is 6.42 Å². The van der Waals surface area contributed by atoms with Gasteiger partial charge in [-0.3, -0.25) is 14.9 Å². The molecular formula is C8H8N4O2. The molecule has 1 fully saturated rings. The Morgan fingerprint density at radius 3 is 2.86 bits per heavy atom. The van der Waals surface area contributed by atoms with Gasteiger partial charge in [0.2, 0.25) is 11.9 Å². The highest BCUT2D eigenvalue weighted by Crippen LogP contribution is 2.38. The Hall–Kier alpha value is -1.72. The van der Waals surface area contributed by atoms with Gasteiger partial charge >= 0.3 is 0 Å². The number of fused-ring (bicyclic) bond motifs is 1. The lowest BCUT2D eigenvalue weighted by molar-refractivity contribution is -0.115. The first kappa shape index (κ1) is 7.66. The molecule has 0 atom stereocenters. The van der Waals surface area contributed by atoms with Gasteiger partial charge in [0.05, 0.1) is 0 Å². The van der Waals surface area contributed by atoms with E-state index in [9.17, 15) is 9.59 Å². The van der Waals surface area contributed by atoms with E-state index in [0.29, 0.717) is 11.7 Å². The third-order valence-corrected chi connectivity index (χ3v) is 2.37. The van der Waals surface area contributed by atoms with Gasteiger partial charge in [0, 0.05) is 5.92 Å². The second-order valence-corrected chi connectivity index (χ2v) is 3.60. The summed E-state index contributed by atoms with van der Waals surface area (Å²) >= 11 is 0. The van der Waals surface area contributed by atoms with Crippen molar-refractivity contribution in [3.8, 4) is 0 Å². The molecule has 0 radical (unpaired) electrons. The Bertz CT molecular complexity index is 433. The number of carbonyl (C=O) groups excluding carboxylic acids is 2. The fourth-order valence-electron chi connectivity index (χ4n) is 1.48. The van der Waals surface area contributed by atoms with Crippen LogP contribution in [0, 0.1) is 0 Å². The quantitative estimate of drug-likeness (QED) is 0.642. The van der Waals surface area contributed by atoms with Gasteiger partial charge in [-0.15, -0.1) is 5.10 Å². The maximum atomic E-state index is 11.4. The molecule has 3 rings (SSSR count). The summed E-state index contributed by atoms with van der Waals surface area (Å²) in [5, 5.41) is 6.59. The molecule has 2 aliphatic rings. The van der Waals surface area contributed by atoms with Crippen LogP contribution in [0.4, 0.5) is 5.95 Å². The van der Waals surface area contributed by atoms with Crippen LogP contribution in [-0.2, 0) is 4.79 Å². The summed E-state index contributed by atoms with van der Waals surface area (Å²) in [6, 6.07) is 0. The highest BCUT2D eigenvalue weighted by atomic mass is 16.2. The molecule has 1 amide bonds. The first-order valence-electron chi connectivity index (χ1n) is 4.54. The van der Waals surface area contributed by atoms with E-state index in [1.54, 1.807) is 0 Å². The highest BCUT2D eigenvalue weighted by molar-refractivity contribution is 6.07. The van der Waals surface area contributed by atoms with Crippen LogP contribution >= 0.6 is 0 Å². The maximum absolute atomic E-state index is 11.4. The molecule has 1 aromatic heterocycles. The van der Waals surface area contributed by atoms with Gasteiger partial charge in [-0.2, -0.15) is 9.67 Å². The fraction of sp³-hybridized carbons (Fsp3) is 0.500. The second-order valence-electron chi connectivity index (χ2n) is 3.60. The molecule has 1 aliphatic heterocycles. The number of aromatic nitrogens is 3. The standard InChI is InChI=1S/C8H8N4O2/c13-5-3-6(14)12-8(9-5)10-7(11-12)4-1-2-4/h4H,1-3H2,(H,9,10,11,13). The second kappa shape index (κ2) is 2.40. The Labute approximate surface area is 79.3 Å². The average Bonchev–Trinajstić information content (AvgIpc) is 2.87. The van der Waals surface area contributed by atoms with Gasteiger partial charge in [-0.1, -0.05) is 0 Å². The van der Waals surface area contributed by atoms with E-state index in [4.69, 9.17) is 0 Å². The minimum atomic E-state index is -0.308. The predicted octanol–water partition coefficient (Wildman–Crippen LogP) is 0.138. The van der Waals surface area contributed by atoms with E-state index >= 15 is 0 Å². The van der Waals surface area contributed by atoms with Crippen LogP contribution in [0.2, 0.25) is 0 Å². The monoisotopic (exact) mass is 192 g/mol. The lowest BCUT2D eigenvalue weighted by Gasteiger charge is -2.09. The van der Waals surface area contributed by atoms with Gasteiger partial charge in [0.15, 0.2) is 5.82 Å². The molecular weight excluding hydrogens is 184 g/mol. The zero-order valence-electron chi connectivity index (χ0n) is 7.36. The van der Waals surface area contributed by atoms with Crippen LogP contribution < -0.4 is 5.32 Å². The molecule has 14 heavy (non-hydrogen) atoms. The fourth-order valence-corrected chi connectivity index (χ4v) is 1.48. The third-order valence-electron chi connectivity index (χ3n) is 2.37. The van der Waals surface area contributed by atoms with E-state index in [1.165, 1.54) is 4.68 Å². The van der Waals surface area contributed by atoms with E-state index < -0.39 is 0 Å². The van der Waals surface area contributed by atoms with Crippen LogP contribution in [0.1, 0.15) is 35.8 Å². The molecule has 2 heterocycles. The van der Waals surface area contributed by atoms with E-state index in [0.717, 1.165) is 12.8 Å². The molecule has 72 valence electrons. The van der Waals surface area contributed by atoms with Crippen LogP contribution in [-0.4, -0.2) is 26.6 Å². The van der Waals surface area contributed by atoms with Crippen molar-refractivity contribution in [2.45, 2.75) is 25.2 Å². The SMILES string of the molecule is O=C1CC(=O)n2nc(C3CC3)nc2N1. The van der Waals surface area contributed by atoms with Crippen molar-refractivity contribution >= 4 is 17.8 Å². The molecule has 0 saturated heterocycles. The van der Waals surface area contributed by atoms with Gasteiger partial charge < -0.3 is 0 Å². The van der Waals surface area contributed by atoms with Crippen molar-refractivity contribution in [2.75, 3.05) is 5.32 Å². The molecule has 1 aromatic rings. The lowest BCUT2D eigenvalue weighted by Crippen LogP contribution is -2.30. The van der Waals surface area contributed by atoms with E-state index in [2.05, 4.69) is 15.4 Å².